The van der Waals surface area contributed by atoms with Crippen LogP contribution >= 0.6 is 0 Å². The van der Waals surface area contributed by atoms with Gasteiger partial charge in [-0.3, -0.25) is 14.9 Å². The lowest BCUT2D eigenvalue weighted by Gasteiger charge is -1.94. The van der Waals surface area contributed by atoms with Gasteiger partial charge in [0.1, 0.15) is 0 Å². The fraction of sp³-hybridized carbons (Fsp3) is 0.0909. The van der Waals surface area contributed by atoms with E-state index in [9.17, 15) is 4.79 Å². The third kappa shape index (κ3) is 2.97. The van der Waals surface area contributed by atoms with Gasteiger partial charge in [0, 0.05) is 23.7 Å². The monoisotopic (exact) mass is 229 g/mol. The number of nitrogens with one attached hydrogen (secondary N) is 2. The summed E-state index contributed by atoms with van der Waals surface area (Å²) in [6.45, 7) is 1.82. The van der Waals surface area contributed by atoms with E-state index in [-0.39, 0.29) is 5.91 Å². The second-order valence-corrected chi connectivity index (χ2v) is 3.42. The first-order valence-corrected chi connectivity index (χ1v) is 5.01. The minimum atomic E-state index is -0.352. The first-order chi connectivity index (χ1) is 8.25. The van der Waals surface area contributed by atoms with Crippen LogP contribution in [0.3, 0.4) is 0 Å². The molecule has 6 nitrogen and oxygen atoms in total. The van der Waals surface area contributed by atoms with Gasteiger partial charge in [-0.1, -0.05) is 6.07 Å². The summed E-state index contributed by atoms with van der Waals surface area (Å²) >= 11 is 0. The molecule has 6 heteroatoms. The lowest BCUT2D eigenvalue weighted by molar-refractivity contribution is 0.0950. The fourth-order valence-corrected chi connectivity index (χ4v) is 1.21. The van der Waals surface area contributed by atoms with E-state index in [1.165, 1.54) is 6.21 Å². The molecule has 0 saturated heterocycles. The SMILES string of the molecule is Cc1cc(C(=O)N/N=C\c2cccnc2)n[nH]1. The Kier molecular flexibility index (Phi) is 3.25. The van der Waals surface area contributed by atoms with Crippen molar-refractivity contribution < 1.29 is 4.79 Å². The maximum Gasteiger partial charge on any atom is 0.291 e. The second kappa shape index (κ2) is 5.02. The molecule has 2 rings (SSSR count). The number of hydrogen-bond acceptors (Lipinski definition) is 4. The van der Waals surface area contributed by atoms with E-state index in [2.05, 4.69) is 25.7 Å². The van der Waals surface area contributed by atoms with Crippen LogP contribution in [-0.2, 0) is 0 Å². The Morgan fingerprint density at radius 2 is 2.47 bits per heavy atom. The minimum Gasteiger partial charge on any atom is -0.282 e. The van der Waals surface area contributed by atoms with Crippen LogP contribution < -0.4 is 5.43 Å². The predicted molar refractivity (Wildman–Crippen MR) is 62.6 cm³/mol. The molecular formula is C11H11N5O. The second-order valence-electron chi connectivity index (χ2n) is 3.42. The molecule has 0 aromatic carbocycles. The summed E-state index contributed by atoms with van der Waals surface area (Å²) in [6, 6.07) is 5.27. The van der Waals surface area contributed by atoms with Gasteiger partial charge in [0.05, 0.1) is 6.21 Å². The number of carbonyl (C=O) groups is 1. The number of hydrazone groups is 1. The van der Waals surface area contributed by atoms with Crippen molar-refractivity contribution in [3.05, 3.63) is 47.5 Å². The van der Waals surface area contributed by atoms with E-state index in [1.807, 2.05) is 13.0 Å². The lowest BCUT2D eigenvalue weighted by atomic mass is 10.3. The molecule has 0 bridgehead atoms. The highest BCUT2D eigenvalue weighted by atomic mass is 16.2. The maximum atomic E-state index is 11.5. The molecule has 17 heavy (non-hydrogen) atoms. The van der Waals surface area contributed by atoms with E-state index >= 15 is 0 Å². The van der Waals surface area contributed by atoms with Crippen LogP contribution in [0.25, 0.3) is 0 Å². The van der Waals surface area contributed by atoms with Gasteiger partial charge in [-0.2, -0.15) is 10.2 Å². The van der Waals surface area contributed by atoms with E-state index in [0.29, 0.717) is 5.69 Å². The number of amides is 1. The molecule has 0 aliphatic heterocycles. The molecule has 0 aliphatic rings. The van der Waals surface area contributed by atoms with Crippen LogP contribution in [-0.4, -0.2) is 27.3 Å². The van der Waals surface area contributed by atoms with Crippen LogP contribution in [0.4, 0.5) is 0 Å². The molecule has 0 unspecified atom stereocenters. The largest absolute Gasteiger partial charge is 0.291 e. The van der Waals surface area contributed by atoms with Crippen LogP contribution in [0.15, 0.2) is 35.7 Å². The first-order valence-electron chi connectivity index (χ1n) is 5.01. The summed E-state index contributed by atoms with van der Waals surface area (Å²) < 4.78 is 0. The zero-order valence-corrected chi connectivity index (χ0v) is 9.21. The molecule has 2 heterocycles. The van der Waals surface area contributed by atoms with Crippen molar-refractivity contribution in [3.63, 3.8) is 0 Å². The van der Waals surface area contributed by atoms with Gasteiger partial charge < -0.3 is 0 Å². The minimum absolute atomic E-state index is 0.311. The van der Waals surface area contributed by atoms with Crippen LogP contribution in [0, 0.1) is 6.92 Å². The third-order valence-electron chi connectivity index (χ3n) is 2.00. The Bertz CT molecular complexity index is 532. The van der Waals surface area contributed by atoms with Gasteiger partial charge in [-0.25, -0.2) is 5.43 Å². The molecule has 2 aromatic heterocycles. The Balaban J connectivity index is 1.95. The topological polar surface area (TPSA) is 83.0 Å². The highest BCUT2D eigenvalue weighted by Crippen LogP contribution is 1.97. The van der Waals surface area contributed by atoms with Crippen LogP contribution in [0.1, 0.15) is 21.7 Å². The van der Waals surface area contributed by atoms with Crippen LogP contribution in [0.5, 0.6) is 0 Å². The molecular weight excluding hydrogens is 218 g/mol. The number of pyridine rings is 1. The Labute approximate surface area is 97.8 Å². The zero-order valence-electron chi connectivity index (χ0n) is 9.21. The van der Waals surface area contributed by atoms with Gasteiger partial charge in [0.25, 0.3) is 5.91 Å². The number of carbonyl (C=O) groups excluding carboxylic acids is 1. The summed E-state index contributed by atoms with van der Waals surface area (Å²) in [5.74, 6) is -0.352. The van der Waals surface area contributed by atoms with E-state index < -0.39 is 0 Å². The van der Waals surface area contributed by atoms with Gasteiger partial charge in [-0.15, -0.1) is 0 Å². The van der Waals surface area contributed by atoms with E-state index in [1.54, 1.807) is 24.5 Å². The Hall–Kier alpha value is -2.50. The number of rotatable bonds is 3. The summed E-state index contributed by atoms with van der Waals surface area (Å²) in [5, 5.41) is 10.3. The summed E-state index contributed by atoms with van der Waals surface area (Å²) in [7, 11) is 0. The first kappa shape index (κ1) is 11.0. The van der Waals surface area contributed by atoms with Crippen molar-refractivity contribution in [3.8, 4) is 0 Å². The number of aromatic amines is 1. The Morgan fingerprint density at radius 1 is 1.59 bits per heavy atom. The number of H-pyrrole nitrogens is 1. The lowest BCUT2D eigenvalue weighted by Crippen LogP contribution is -2.18. The molecule has 2 N–H and O–H groups in total. The van der Waals surface area contributed by atoms with Crippen molar-refractivity contribution in [1.29, 1.82) is 0 Å². The molecule has 0 saturated carbocycles. The predicted octanol–water partition coefficient (Wildman–Crippen LogP) is 0.877. The normalized spacial score (nSPS) is 10.6. The van der Waals surface area contributed by atoms with Crippen molar-refractivity contribution in [2.75, 3.05) is 0 Å². The molecule has 0 fully saturated rings. The highest BCUT2D eigenvalue weighted by Gasteiger charge is 2.06. The summed E-state index contributed by atoms with van der Waals surface area (Å²) in [4.78, 5) is 15.4. The number of hydrogen-bond donors (Lipinski definition) is 2. The number of nitrogens with zero attached hydrogens (tertiary/aromatic N) is 3. The van der Waals surface area contributed by atoms with Gasteiger partial charge in [0.15, 0.2) is 5.69 Å². The Morgan fingerprint density at radius 3 is 3.12 bits per heavy atom. The van der Waals surface area contributed by atoms with E-state index in [0.717, 1.165) is 11.3 Å². The molecule has 0 radical (unpaired) electrons. The quantitative estimate of drug-likeness (QED) is 0.605. The number of aromatic nitrogens is 3. The van der Waals surface area contributed by atoms with Gasteiger partial charge in [-0.05, 0) is 19.1 Å². The molecule has 86 valence electrons. The van der Waals surface area contributed by atoms with E-state index in [4.69, 9.17) is 0 Å². The molecule has 2 aromatic rings. The van der Waals surface area contributed by atoms with Crippen molar-refractivity contribution in [1.82, 2.24) is 20.6 Å². The molecule has 0 atom stereocenters. The average molecular weight is 229 g/mol. The van der Waals surface area contributed by atoms with Crippen molar-refractivity contribution >= 4 is 12.1 Å². The number of aryl methyl sites for hydroxylation is 1. The zero-order chi connectivity index (χ0) is 12.1. The van der Waals surface area contributed by atoms with Crippen molar-refractivity contribution in [2.24, 2.45) is 5.10 Å². The third-order valence-corrected chi connectivity index (χ3v) is 2.00. The van der Waals surface area contributed by atoms with Gasteiger partial charge >= 0.3 is 0 Å². The standard InChI is InChI=1S/C11H11N5O/c1-8-5-10(15-14-8)11(17)16-13-7-9-3-2-4-12-6-9/h2-7H,1H3,(H,14,15)(H,16,17)/b13-7-. The van der Waals surface area contributed by atoms with Crippen LogP contribution in [0.2, 0.25) is 0 Å². The summed E-state index contributed by atoms with van der Waals surface area (Å²) in [5.41, 5.74) is 4.33. The fourth-order valence-electron chi connectivity index (χ4n) is 1.21. The average Bonchev–Trinajstić information content (AvgIpc) is 2.77. The smallest absolute Gasteiger partial charge is 0.282 e. The maximum absolute atomic E-state index is 11.5. The molecule has 1 amide bonds. The van der Waals surface area contributed by atoms with Gasteiger partial charge in [0.2, 0.25) is 0 Å². The van der Waals surface area contributed by atoms with Crippen molar-refractivity contribution in [2.45, 2.75) is 6.92 Å². The molecule has 0 spiro atoms. The molecule has 0 aliphatic carbocycles. The summed E-state index contributed by atoms with van der Waals surface area (Å²) in [6.07, 6.45) is 4.83. The highest BCUT2D eigenvalue weighted by molar-refractivity contribution is 5.93.